The first-order valence-electron chi connectivity index (χ1n) is 9.34. The summed E-state index contributed by atoms with van der Waals surface area (Å²) in [6.07, 6.45) is 10.3. The Morgan fingerprint density at radius 3 is 1.28 bits per heavy atom. The Bertz CT molecular complexity index is 287. The molecule has 25 heavy (non-hydrogen) atoms. The number of nitrogens with one attached hydrogen (secondary N) is 2. The molecule has 0 bridgehead atoms. The molecular weight excluding hydrogens is 494 g/mol. The summed E-state index contributed by atoms with van der Waals surface area (Å²) in [5, 5.41) is 6.20. The van der Waals surface area contributed by atoms with Crippen molar-refractivity contribution in [2.24, 2.45) is 11.8 Å². The number of thiocarbonyl (C=S) groups is 2. The minimum absolute atomic E-state index is 0. The second-order valence-electron chi connectivity index (χ2n) is 6.21. The summed E-state index contributed by atoms with van der Waals surface area (Å²) in [5.74, 6) is 1.52. The van der Waals surface area contributed by atoms with E-state index in [0.717, 1.165) is 24.9 Å². The molecule has 0 aromatic rings. The van der Waals surface area contributed by atoms with E-state index in [-0.39, 0.29) is 24.4 Å². The molecule has 2 nitrogen and oxygen atoms in total. The van der Waals surface area contributed by atoms with E-state index < -0.39 is 0 Å². The van der Waals surface area contributed by atoms with Gasteiger partial charge in [-0.2, -0.15) is 0 Å². The van der Waals surface area contributed by atoms with Crippen LogP contribution in [0.25, 0.3) is 0 Å². The zero-order valence-corrected chi connectivity index (χ0v) is 24.1. The molecular formula is C18H41N2S4Sb. The van der Waals surface area contributed by atoms with E-state index >= 15 is 0 Å². The van der Waals surface area contributed by atoms with Gasteiger partial charge in [-0.3, -0.25) is 0 Å². The van der Waals surface area contributed by atoms with Crippen LogP contribution in [-0.4, -0.2) is 46.2 Å². The zero-order chi connectivity index (χ0) is 18.8. The Kier molecular flexibility index (Phi) is 28.9. The van der Waals surface area contributed by atoms with E-state index in [2.05, 4.69) is 63.6 Å². The molecule has 0 spiro atoms. The number of hydrogen-bond acceptors (Lipinski definition) is 2. The van der Waals surface area contributed by atoms with Crippen molar-refractivity contribution < 1.29 is 0 Å². The topological polar surface area (TPSA) is 24.1 Å². The molecule has 0 rings (SSSR count). The molecule has 0 radical (unpaired) electrons. The second kappa shape index (κ2) is 23.3. The summed E-state index contributed by atoms with van der Waals surface area (Å²) in [4.78, 5) is 0. The average Bonchev–Trinajstić information content (AvgIpc) is 2.55. The van der Waals surface area contributed by atoms with Gasteiger partial charge in [0.25, 0.3) is 0 Å². The van der Waals surface area contributed by atoms with Crippen LogP contribution in [-0.2, 0) is 0 Å². The van der Waals surface area contributed by atoms with Gasteiger partial charge in [-0.1, -0.05) is 90.7 Å². The van der Waals surface area contributed by atoms with Crippen LogP contribution in [0.3, 0.4) is 0 Å². The Morgan fingerprint density at radius 2 is 1.08 bits per heavy atom. The standard InChI is InChI=1S/2C9H19NS2.Sb.3H/c2*1-3-5-6-8(4-2)7-10-9(11)12;;;;/h2*8H,3-7H2,1-2H3,(H2,10,11,12);;;;. The number of unbranched alkanes of at least 4 members (excludes halogenated alkanes) is 2. The van der Waals surface area contributed by atoms with Crippen molar-refractivity contribution in [1.29, 1.82) is 0 Å². The number of thiol groups is 2. The first kappa shape index (κ1) is 31.0. The van der Waals surface area contributed by atoms with Crippen LogP contribution in [0.15, 0.2) is 0 Å². The van der Waals surface area contributed by atoms with Gasteiger partial charge in [-0.15, -0.1) is 25.3 Å². The van der Waals surface area contributed by atoms with E-state index in [0.29, 0.717) is 8.64 Å². The monoisotopic (exact) mass is 534 g/mol. The SMILES string of the molecule is CCCCC(CC)CNC(=S)S.CCCCC(CC)CNC(=S)S.[SbH3]. The van der Waals surface area contributed by atoms with Gasteiger partial charge in [0, 0.05) is 13.1 Å². The van der Waals surface area contributed by atoms with Crippen LogP contribution in [0.1, 0.15) is 79.1 Å². The third-order valence-corrected chi connectivity index (χ3v) is 4.78. The van der Waals surface area contributed by atoms with Gasteiger partial charge in [-0.25, -0.2) is 0 Å². The van der Waals surface area contributed by atoms with Crippen molar-refractivity contribution in [2.45, 2.75) is 79.1 Å². The third-order valence-electron chi connectivity index (χ3n) is 4.17. The van der Waals surface area contributed by atoms with Gasteiger partial charge >= 0.3 is 24.4 Å². The number of hydrogen-bond donors (Lipinski definition) is 4. The molecule has 0 saturated heterocycles. The molecule has 0 aromatic heterocycles. The summed E-state index contributed by atoms with van der Waals surface area (Å²) in [5.41, 5.74) is 0. The van der Waals surface area contributed by atoms with Crippen molar-refractivity contribution in [1.82, 2.24) is 10.6 Å². The van der Waals surface area contributed by atoms with Gasteiger partial charge in [0.1, 0.15) is 8.64 Å². The minimum atomic E-state index is 0. The van der Waals surface area contributed by atoms with Crippen molar-refractivity contribution in [2.75, 3.05) is 13.1 Å². The van der Waals surface area contributed by atoms with E-state index in [1.54, 1.807) is 0 Å². The maximum atomic E-state index is 4.83. The van der Waals surface area contributed by atoms with Crippen molar-refractivity contribution >= 4 is 82.8 Å². The fraction of sp³-hybridized carbons (Fsp3) is 0.889. The van der Waals surface area contributed by atoms with Crippen molar-refractivity contribution in [3.63, 3.8) is 0 Å². The molecule has 0 aliphatic carbocycles. The molecule has 0 amide bonds. The second-order valence-corrected chi connectivity index (χ2v) is 8.52. The summed E-state index contributed by atoms with van der Waals surface area (Å²) in [7, 11) is 0. The van der Waals surface area contributed by atoms with Gasteiger partial charge in [-0.05, 0) is 24.7 Å². The van der Waals surface area contributed by atoms with Crippen LogP contribution in [0, 0.1) is 11.8 Å². The fourth-order valence-electron chi connectivity index (χ4n) is 2.35. The summed E-state index contributed by atoms with van der Waals surface area (Å²) < 4.78 is 1.23. The van der Waals surface area contributed by atoms with Crippen LogP contribution in [0.2, 0.25) is 0 Å². The van der Waals surface area contributed by atoms with Crippen molar-refractivity contribution in [3.8, 4) is 0 Å². The quantitative estimate of drug-likeness (QED) is 0.164. The van der Waals surface area contributed by atoms with E-state index in [9.17, 15) is 0 Å². The third kappa shape index (κ3) is 25.3. The normalized spacial score (nSPS) is 12.1. The zero-order valence-electron chi connectivity index (χ0n) is 16.6. The molecule has 0 aliphatic heterocycles. The molecule has 2 unspecified atom stereocenters. The Balaban J connectivity index is -0.000000372. The van der Waals surface area contributed by atoms with Crippen LogP contribution in [0.4, 0.5) is 0 Å². The molecule has 2 N–H and O–H groups in total. The first-order valence-corrected chi connectivity index (χ1v) is 11.1. The molecule has 152 valence electrons. The molecule has 0 fully saturated rings. The van der Waals surface area contributed by atoms with Gasteiger partial charge in [0.05, 0.1) is 0 Å². The van der Waals surface area contributed by atoms with Gasteiger partial charge in [0.15, 0.2) is 0 Å². The molecule has 0 aliphatic rings. The Hall–Kier alpha value is 1.30. The predicted molar refractivity (Wildman–Crippen MR) is 136 cm³/mol. The number of rotatable bonds is 12. The molecule has 0 saturated carbocycles. The van der Waals surface area contributed by atoms with Crippen LogP contribution in [0.5, 0.6) is 0 Å². The maximum absolute atomic E-state index is 4.83. The Morgan fingerprint density at radius 1 is 0.760 bits per heavy atom. The van der Waals surface area contributed by atoms with Gasteiger partial charge < -0.3 is 10.6 Å². The predicted octanol–water partition coefficient (Wildman–Crippen LogP) is 4.83. The fourth-order valence-corrected chi connectivity index (χ4v) is 2.70. The summed E-state index contributed by atoms with van der Waals surface area (Å²) >= 11 is 17.7. The van der Waals surface area contributed by atoms with Gasteiger partial charge in [0.2, 0.25) is 0 Å². The molecule has 0 heterocycles. The van der Waals surface area contributed by atoms with E-state index in [1.165, 1.54) is 51.4 Å². The summed E-state index contributed by atoms with van der Waals surface area (Å²) in [6.45, 7) is 10.9. The molecule has 7 heteroatoms. The summed E-state index contributed by atoms with van der Waals surface area (Å²) in [6, 6.07) is 0. The van der Waals surface area contributed by atoms with Crippen LogP contribution < -0.4 is 10.6 Å². The van der Waals surface area contributed by atoms with E-state index in [4.69, 9.17) is 24.4 Å². The van der Waals surface area contributed by atoms with E-state index in [1.807, 2.05) is 0 Å². The van der Waals surface area contributed by atoms with Crippen molar-refractivity contribution in [3.05, 3.63) is 0 Å². The molecule has 0 aromatic carbocycles. The average molecular weight is 536 g/mol. The molecule has 2 atom stereocenters. The Labute approximate surface area is 196 Å². The first-order chi connectivity index (χ1) is 11.4. The van der Waals surface area contributed by atoms with Crippen LogP contribution >= 0.6 is 49.7 Å².